The van der Waals surface area contributed by atoms with E-state index in [2.05, 4.69) is 5.32 Å². The molecule has 0 aromatic heterocycles. The largest absolute Gasteiger partial charge is 0.493 e. The van der Waals surface area contributed by atoms with Gasteiger partial charge in [0.25, 0.3) is 0 Å². The van der Waals surface area contributed by atoms with Crippen molar-refractivity contribution < 1.29 is 29.0 Å². The number of amides is 3. The van der Waals surface area contributed by atoms with E-state index in [0.717, 1.165) is 0 Å². The van der Waals surface area contributed by atoms with E-state index in [0.29, 0.717) is 43.1 Å². The van der Waals surface area contributed by atoms with Crippen molar-refractivity contribution in [3.05, 3.63) is 18.2 Å². The summed E-state index contributed by atoms with van der Waals surface area (Å²) >= 11 is 0. The van der Waals surface area contributed by atoms with Gasteiger partial charge in [-0.05, 0) is 25.0 Å². The van der Waals surface area contributed by atoms with Gasteiger partial charge in [0.2, 0.25) is 5.91 Å². The number of hydrogen-bond acceptors (Lipinski definition) is 5. The first-order valence-electron chi connectivity index (χ1n) is 9.23. The Hall–Kier alpha value is -2.97. The Kier molecular flexibility index (Phi) is 5.91. The number of carboxylic acid groups (broad SMARTS) is 1. The average Bonchev–Trinajstić information content (AvgIpc) is 3.10. The van der Waals surface area contributed by atoms with Crippen molar-refractivity contribution in [1.82, 2.24) is 9.80 Å². The molecule has 3 rings (SSSR count). The van der Waals surface area contributed by atoms with Crippen LogP contribution in [-0.2, 0) is 9.59 Å². The van der Waals surface area contributed by atoms with Crippen LogP contribution in [0.1, 0.15) is 19.3 Å². The molecule has 1 unspecified atom stereocenters. The molecule has 9 heteroatoms. The molecule has 2 N–H and O–H groups in total. The minimum absolute atomic E-state index is 0.0121. The molecule has 2 saturated heterocycles. The van der Waals surface area contributed by atoms with Gasteiger partial charge in [0, 0.05) is 43.9 Å². The van der Waals surface area contributed by atoms with Gasteiger partial charge in [0.1, 0.15) is 0 Å². The monoisotopic (exact) mass is 391 g/mol. The van der Waals surface area contributed by atoms with E-state index < -0.39 is 11.9 Å². The number of urea groups is 1. The summed E-state index contributed by atoms with van der Waals surface area (Å²) in [6, 6.07) is 4.92. The van der Waals surface area contributed by atoms with Crippen LogP contribution in [0.4, 0.5) is 10.5 Å². The van der Waals surface area contributed by atoms with Crippen LogP contribution in [0.25, 0.3) is 0 Å². The Bertz CT molecular complexity index is 760. The van der Waals surface area contributed by atoms with Crippen molar-refractivity contribution >= 4 is 23.6 Å². The number of carbonyl (C=O) groups excluding carboxylic acids is 2. The molecule has 1 atom stereocenters. The molecule has 1 aromatic carbocycles. The van der Waals surface area contributed by atoms with E-state index in [1.54, 1.807) is 35.1 Å². The van der Waals surface area contributed by atoms with Crippen LogP contribution in [0.3, 0.4) is 0 Å². The molecule has 9 nitrogen and oxygen atoms in total. The molecule has 0 spiro atoms. The Morgan fingerprint density at radius 2 is 1.82 bits per heavy atom. The lowest BCUT2D eigenvalue weighted by Gasteiger charge is -2.36. The van der Waals surface area contributed by atoms with Crippen molar-refractivity contribution in [2.75, 3.05) is 39.2 Å². The summed E-state index contributed by atoms with van der Waals surface area (Å²) in [6.07, 6.45) is 1.34. The van der Waals surface area contributed by atoms with Crippen LogP contribution < -0.4 is 14.8 Å². The van der Waals surface area contributed by atoms with Crippen molar-refractivity contribution in [3.8, 4) is 11.5 Å². The van der Waals surface area contributed by atoms with Crippen molar-refractivity contribution in [3.63, 3.8) is 0 Å². The zero-order valence-corrected chi connectivity index (χ0v) is 16.0. The van der Waals surface area contributed by atoms with Gasteiger partial charge in [-0.2, -0.15) is 0 Å². The predicted molar refractivity (Wildman–Crippen MR) is 101 cm³/mol. The minimum atomic E-state index is -0.928. The third-order valence-corrected chi connectivity index (χ3v) is 5.33. The number of ether oxygens (including phenoxy) is 2. The normalized spacial score (nSPS) is 20.2. The molecule has 0 aliphatic carbocycles. The van der Waals surface area contributed by atoms with Gasteiger partial charge in [0.05, 0.1) is 20.1 Å². The topological polar surface area (TPSA) is 108 Å². The summed E-state index contributed by atoms with van der Waals surface area (Å²) in [5.74, 6) is -0.558. The molecule has 152 valence electrons. The molecular formula is C19H25N3O6. The van der Waals surface area contributed by atoms with Gasteiger partial charge in [-0.25, -0.2) is 4.79 Å². The third-order valence-electron chi connectivity index (χ3n) is 5.33. The van der Waals surface area contributed by atoms with Gasteiger partial charge in [0.15, 0.2) is 11.5 Å². The highest BCUT2D eigenvalue weighted by atomic mass is 16.5. The molecule has 0 saturated carbocycles. The SMILES string of the molecule is COc1ccc(NC(=O)N2CCC(N3CC(C(=O)O)CC3=O)CC2)cc1OC. The summed E-state index contributed by atoms with van der Waals surface area (Å²) in [4.78, 5) is 39.1. The molecule has 2 aliphatic heterocycles. The van der Waals surface area contributed by atoms with Crippen LogP contribution >= 0.6 is 0 Å². The van der Waals surface area contributed by atoms with Gasteiger partial charge in [-0.15, -0.1) is 0 Å². The number of anilines is 1. The maximum absolute atomic E-state index is 12.5. The number of rotatable bonds is 5. The first-order valence-corrected chi connectivity index (χ1v) is 9.23. The second kappa shape index (κ2) is 8.37. The van der Waals surface area contributed by atoms with Crippen LogP contribution in [-0.4, -0.2) is 72.7 Å². The molecule has 0 bridgehead atoms. The van der Waals surface area contributed by atoms with Crippen LogP contribution in [0.5, 0.6) is 11.5 Å². The molecule has 1 aromatic rings. The van der Waals surface area contributed by atoms with E-state index >= 15 is 0 Å². The zero-order valence-electron chi connectivity index (χ0n) is 16.0. The number of piperidine rings is 1. The van der Waals surface area contributed by atoms with Gasteiger partial charge >= 0.3 is 12.0 Å². The van der Waals surface area contributed by atoms with E-state index in [4.69, 9.17) is 14.6 Å². The van der Waals surface area contributed by atoms with Gasteiger partial charge in [-0.1, -0.05) is 0 Å². The van der Waals surface area contributed by atoms with E-state index in [-0.39, 0.29) is 30.9 Å². The summed E-state index contributed by atoms with van der Waals surface area (Å²) in [5.41, 5.74) is 0.601. The van der Waals surface area contributed by atoms with Crippen LogP contribution in [0, 0.1) is 5.92 Å². The highest BCUT2D eigenvalue weighted by Crippen LogP contribution is 2.30. The molecule has 28 heavy (non-hydrogen) atoms. The van der Waals surface area contributed by atoms with Crippen molar-refractivity contribution in [1.29, 1.82) is 0 Å². The maximum Gasteiger partial charge on any atom is 0.321 e. The highest BCUT2D eigenvalue weighted by molar-refractivity contribution is 5.90. The Balaban J connectivity index is 1.54. The lowest BCUT2D eigenvalue weighted by Crippen LogP contribution is -2.48. The summed E-state index contributed by atoms with van der Waals surface area (Å²) in [7, 11) is 3.08. The van der Waals surface area contributed by atoms with E-state index in [1.165, 1.54) is 7.11 Å². The highest BCUT2D eigenvalue weighted by Gasteiger charge is 2.39. The molecule has 2 fully saturated rings. The zero-order chi connectivity index (χ0) is 20.3. The third kappa shape index (κ3) is 4.13. The number of carboxylic acids is 1. The standard InChI is InChI=1S/C19H25N3O6/c1-27-15-4-3-13(10-16(15)28-2)20-19(26)21-7-5-14(6-8-21)22-11-12(18(24)25)9-17(22)23/h3-4,10,12,14H,5-9,11H2,1-2H3,(H,20,26)(H,24,25). The number of methoxy groups -OCH3 is 2. The second-order valence-corrected chi connectivity index (χ2v) is 7.00. The molecule has 2 heterocycles. The van der Waals surface area contributed by atoms with Gasteiger partial charge < -0.3 is 29.7 Å². The Morgan fingerprint density at radius 1 is 1.14 bits per heavy atom. The molecular weight excluding hydrogens is 366 g/mol. The summed E-state index contributed by atoms with van der Waals surface area (Å²) in [5, 5.41) is 12.0. The van der Waals surface area contributed by atoms with E-state index in [1.807, 2.05) is 0 Å². The number of nitrogens with zero attached hydrogens (tertiary/aromatic N) is 2. The quantitative estimate of drug-likeness (QED) is 0.790. The fraction of sp³-hybridized carbons (Fsp3) is 0.526. The average molecular weight is 391 g/mol. The number of aliphatic carboxylic acids is 1. The Labute approximate surface area is 163 Å². The number of nitrogens with one attached hydrogen (secondary N) is 1. The van der Waals surface area contributed by atoms with Crippen LogP contribution in [0.2, 0.25) is 0 Å². The fourth-order valence-corrected chi connectivity index (χ4v) is 3.75. The number of benzene rings is 1. The number of carbonyl (C=O) groups is 3. The molecule has 3 amide bonds. The second-order valence-electron chi connectivity index (χ2n) is 7.00. The lowest BCUT2D eigenvalue weighted by molar-refractivity contribution is -0.141. The van der Waals surface area contributed by atoms with Gasteiger partial charge in [-0.3, -0.25) is 9.59 Å². The van der Waals surface area contributed by atoms with Crippen molar-refractivity contribution in [2.24, 2.45) is 5.92 Å². The molecule has 0 radical (unpaired) electrons. The molecule has 2 aliphatic rings. The predicted octanol–water partition coefficient (Wildman–Crippen LogP) is 1.63. The number of likely N-dealkylation sites (tertiary alicyclic amines) is 2. The van der Waals surface area contributed by atoms with Crippen LogP contribution in [0.15, 0.2) is 18.2 Å². The van der Waals surface area contributed by atoms with Crippen molar-refractivity contribution in [2.45, 2.75) is 25.3 Å². The summed E-state index contributed by atoms with van der Waals surface area (Å²) in [6.45, 7) is 1.27. The maximum atomic E-state index is 12.5. The summed E-state index contributed by atoms with van der Waals surface area (Å²) < 4.78 is 10.4. The smallest absolute Gasteiger partial charge is 0.321 e. The van der Waals surface area contributed by atoms with E-state index in [9.17, 15) is 14.4 Å². The minimum Gasteiger partial charge on any atom is -0.493 e. The number of hydrogen-bond donors (Lipinski definition) is 2. The lowest BCUT2D eigenvalue weighted by atomic mass is 10.0. The Morgan fingerprint density at radius 3 is 2.39 bits per heavy atom. The fourth-order valence-electron chi connectivity index (χ4n) is 3.75. The first kappa shape index (κ1) is 19.8. The first-order chi connectivity index (χ1) is 13.4.